The van der Waals surface area contributed by atoms with Crippen LogP contribution in [0.5, 0.6) is 0 Å². The number of ether oxygens (including phenoxy) is 2. The first-order valence-electron chi connectivity index (χ1n) is 10.8. The maximum Gasteiger partial charge on any atom is 0.302 e. The van der Waals surface area contributed by atoms with Gasteiger partial charge in [0.2, 0.25) is 0 Å². The Morgan fingerprint density at radius 3 is 2.52 bits per heavy atom. The van der Waals surface area contributed by atoms with Crippen molar-refractivity contribution in [2.45, 2.75) is 57.7 Å². The fraction of sp³-hybridized carbons (Fsp3) is 0.480. The van der Waals surface area contributed by atoms with E-state index in [1.807, 2.05) is 24.3 Å². The largest absolute Gasteiger partial charge is 0.464 e. The molecule has 0 unspecified atom stereocenters. The van der Waals surface area contributed by atoms with E-state index in [9.17, 15) is 4.79 Å². The number of nitrogens with zero attached hydrogens (tertiary/aromatic N) is 1. The molecule has 4 heteroatoms. The summed E-state index contributed by atoms with van der Waals surface area (Å²) in [5.41, 5.74) is 2.44. The molecule has 156 valence electrons. The first-order chi connectivity index (χ1) is 14.2. The third-order valence-corrected chi connectivity index (χ3v) is 5.64. The Kier molecular flexibility index (Phi) is 8.72. The van der Waals surface area contributed by atoms with E-state index in [4.69, 9.17) is 9.47 Å². The van der Waals surface area contributed by atoms with Crippen LogP contribution < -0.4 is 0 Å². The van der Waals surface area contributed by atoms with E-state index in [2.05, 4.69) is 41.3 Å². The van der Waals surface area contributed by atoms with Crippen molar-refractivity contribution in [1.82, 2.24) is 4.90 Å². The van der Waals surface area contributed by atoms with E-state index in [0.717, 1.165) is 26.0 Å². The van der Waals surface area contributed by atoms with E-state index in [0.29, 0.717) is 19.3 Å². The van der Waals surface area contributed by atoms with Gasteiger partial charge >= 0.3 is 5.97 Å². The molecule has 0 aliphatic carbocycles. The van der Waals surface area contributed by atoms with Gasteiger partial charge in [-0.15, -0.1) is 0 Å². The zero-order valence-corrected chi connectivity index (χ0v) is 17.5. The second-order valence-corrected chi connectivity index (χ2v) is 7.80. The summed E-state index contributed by atoms with van der Waals surface area (Å²) in [5, 5.41) is 0. The van der Waals surface area contributed by atoms with Crippen LogP contribution in [-0.4, -0.2) is 36.7 Å². The highest BCUT2D eigenvalue weighted by atomic mass is 16.5. The smallest absolute Gasteiger partial charge is 0.302 e. The normalized spacial score (nSPS) is 18.3. The molecule has 29 heavy (non-hydrogen) atoms. The molecule has 1 fully saturated rings. The average molecular weight is 396 g/mol. The number of esters is 1. The molecular weight excluding hydrogens is 362 g/mol. The summed E-state index contributed by atoms with van der Waals surface area (Å²) in [7, 11) is 0. The molecule has 2 atom stereocenters. The number of carbonyl (C=O) groups excluding carboxylic acids is 1. The third-order valence-electron chi connectivity index (χ3n) is 5.64. The fourth-order valence-electron chi connectivity index (χ4n) is 4.18. The number of likely N-dealkylation sites (tertiary alicyclic amines) is 1. The van der Waals surface area contributed by atoms with E-state index in [1.165, 1.54) is 37.3 Å². The summed E-state index contributed by atoms with van der Waals surface area (Å²) in [6.07, 6.45) is 5.81. The lowest BCUT2D eigenvalue weighted by Gasteiger charge is -2.41. The maximum atomic E-state index is 11.4. The highest BCUT2D eigenvalue weighted by molar-refractivity contribution is 5.65. The van der Waals surface area contributed by atoms with Gasteiger partial charge in [0.1, 0.15) is 6.61 Å². The Balaban J connectivity index is 1.55. The number of benzene rings is 2. The van der Waals surface area contributed by atoms with Gasteiger partial charge in [0.05, 0.1) is 12.6 Å². The molecule has 1 aliphatic rings. The van der Waals surface area contributed by atoms with Crippen LogP contribution in [0.2, 0.25) is 0 Å². The quantitative estimate of drug-likeness (QED) is 0.412. The number of hydrogen-bond acceptors (Lipinski definition) is 4. The summed E-state index contributed by atoms with van der Waals surface area (Å²) < 4.78 is 11.3. The van der Waals surface area contributed by atoms with Crippen molar-refractivity contribution in [3.8, 4) is 0 Å². The molecule has 2 aromatic rings. The second kappa shape index (κ2) is 11.7. The van der Waals surface area contributed by atoms with Crippen LogP contribution in [0.25, 0.3) is 0 Å². The molecule has 4 nitrogen and oxygen atoms in total. The van der Waals surface area contributed by atoms with Gasteiger partial charge in [-0.25, -0.2) is 0 Å². The molecule has 0 N–H and O–H groups in total. The van der Waals surface area contributed by atoms with Crippen molar-refractivity contribution in [3.05, 3.63) is 71.8 Å². The lowest BCUT2D eigenvalue weighted by molar-refractivity contribution is -0.143. The molecular formula is C25H33NO3. The van der Waals surface area contributed by atoms with Crippen LogP contribution in [0.15, 0.2) is 60.7 Å². The minimum absolute atomic E-state index is 0.121. The van der Waals surface area contributed by atoms with Crippen molar-refractivity contribution in [3.63, 3.8) is 0 Å². The van der Waals surface area contributed by atoms with Gasteiger partial charge in [-0.2, -0.15) is 0 Å². The topological polar surface area (TPSA) is 38.8 Å². The molecule has 2 aromatic carbocycles. The van der Waals surface area contributed by atoms with Gasteiger partial charge < -0.3 is 9.47 Å². The predicted octanol–water partition coefficient (Wildman–Crippen LogP) is 5.14. The summed E-state index contributed by atoms with van der Waals surface area (Å²) in [6, 6.07) is 21.4. The van der Waals surface area contributed by atoms with Crippen molar-refractivity contribution >= 4 is 5.97 Å². The maximum absolute atomic E-state index is 11.4. The number of rotatable bonds is 10. The summed E-state index contributed by atoms with van der Waals surface area (Å²) in [6.45, 7) is 4.41. The summed E-state index contributed by atoms with van der Waals surface area (Å²) >= 11 is 0. The van der Waals surface area contributed by atoms with E-state index in [-0.39, 0.29) is 12.0 Å². The molecule has 0 amide bonds. The first kappa shape index (κ1) is 21.5. The fourth-order valence-corrected chi connectivity index (χ4v) is 4.18. The molecule has 3 rings (SSSR count). The SMILES string of the molecule is CC(=O)OC[C@H](c1ccccc1)N1CCCC[C@@H]1CCCOCc1ccccc1. The van der Waals surface area contributed by atoms with Gasteiger partial charge in [-0.05, 0) is 43.4 Å². The van der Waals surface area contributed by atoms with Crippen molar-refractivity contribution in [2.75, 3.05) is 19.8 Å². The number of carbonyl (C=O) groups is 1. The Hall–Kier alpha value is -2.17. The van der Waals surface area contributed by atoms with Crippen LogP contribution in [-0.2, 0) is 20.9 Å². The van der Waals surface area contributed by atoms with Gasteiger partial charge in [0.15, 0.2) is 0 Å². The standard InChI is InChI=1S/C25H33NO3/c1-21(27)29-20-25(23-13-6-3-7-14-23)26-17-9-8-15-24(26)16-10-18-28-19-22-11-4-2-5-12-22/h2-7,11-14,24-25H,8-10,15-20H2,1H3/t24-,25-/m1/s1. The Morgan fingerprint density at radius 1 is 1.07 bits per heavy atom. The van der Waals surface area contributed by atoms with Gasteiger partial charge in [0.25, 0.3) is 0 Å². The Labute approximate surface area is 174 Å². The zero-order chi connectivity index (χ0) is 20.3. The molecule has 1 aliphatic heterocycles. The van der Waals surface area contributed by atoms with E-state index in [1.54, 1.807) is 0 Å². The Morgan fingerprint density at radius 2 is 1.79 bits per heavy atom. The van der Waals surface area contributed by atoms with Crippen LogP contribution in [0.1, 0.15) is 56.2 Å². The molecule has 0 aromatic heterocycles. The minimum Gasteiger partial charge on any atom is -0.464 e. The van der Waals surface area contributed by atoms with Crippen LogP contribution in [0.4, 0.5) is 0 Å². The van der Waals surface area contributed by atoms with E-state index < -0.39 is 0 Å². The molecule has 0 saturated carbocycles. The lowest BCUT2D eigenvalue weighted by Crippen LogP contribution is -2.44. The summed E-state index contributed by atoms with van der Waals surface area (Å²) in [5.74, 6) is -0.214. The number of hydrogen-bond donors (Lipinski definition) is 0. The zero-order valence-electron chi connectivity index (χ0n) is 17.5. The van der Waals surface area contributed by atoms with Crippen LogP contribution >= 0.6 is 0 Å². The highest BCUT2D eigenvalue weighted by Gasteiger charge is 2.30. The van der Waals surface area contributed by atoms with Crippen molar-refractivity contribution in [2.24, 2.45) is 0 Å². The lowest BCUT2D eigenvalue weighted by atomic mass is 9.94. The third kappa shape index (κ3) is 6.98. The molecule has 1 heterocycles. The average Bonchev–Trinajstić information content (AvgIpc) is 2.76. The predicted molar refractivity (Wildman–Crippen MR) is 115 cm³/mol. The van der Waals surface area contributed by atoms with Gasteiger partial charge in [-0.1, -0.05) is 67.1 Å². The van der Waals surface area contributed by atoms with Crippen molar-refractivity contribution < 1.29 is 14.3 Å². The van der Waals surface area contributed by atoms with Crippen molar-refractivity contribution in [1.29, 1.82) is 0 Å². The summed E-state index contributed by atoms with van der Waals surface area (Å²) in [4.78, 5) is 14.0. The number of piperidine rings is 1. The van der Waals surface area contributed by atoms with Gasteiger partial charge in [0, 0.05) is 19.6 Å². The molecule has 0 spiro atoms. The van der Waals surface area contributed by atoms with Gasteiger partial charge in [-0.3, -0.25) is 9.69 Å². The second-order valence-electron chi connectivity index (χ2n) is 7.80. The minimum atomic E-state index is -0.214. The first-order valence-corrected chi connectivity index (χ1v) is 10.8. The molecule has 0 radical (unpaired) electrons. The Bertz CT molecular complexity index is 719. The molecule has 0 bridgehead atoms. The van der Waals surface area contributed by atoms with Crippen LogP contribution in [0, 0.1) is 0 Å². The van der Waals surface area contributed by atoms with E-state index >= 15 is 0 Å². The molecule has 1 saturated heterocycles. The van der Waals surface area contributed by atoms with Crippen LogP contribution in [0.3, 0.4) is 0 Å². The highest BCUT2D eigenvalue weighted by Crippen LogP contribution is 2.31. The monoisotopic (exact) mass is 395 g/mol.